The predicted octanol–water partition coefficient (Wildman–Crippen LogP) is 15.1. The summed E-state index contributed by atoms with van der Waals surface area (Å²) in [5.41, 5.74) is 6.19. The molecule has 0 aliphatic heterocycles. The highest BCUT2D eigenvalue weighted by atomic mass is 16.6. The second-order valence-electron chi connectivity index (χ2n) is 20.5. The van der Waals surface area contributed by atoms with Crippen molar-refractivity contribution in [3.05, 3.63) is 208 Å². The summed E-state index contributed by atoms with van der Waals surface area (Å²) in [6.45, 7) is 2.48. The third-order valence-corrected chi connectivity index (χ3v) is 13.9. The molecule has 7 aromatic carbocycles. The number of nitrogens with zero attached hydrogens (tertiary/aromatic N) is 1. The van der Waals surface area contributed by atoms with Gasteiger partial charge in [-0.2, -0.15) is 5.26 Å². The van der Waals surface area contributed by atoms with Crippen LogP contribution in [-0.2, 0) is 4.74 Å². The van der Waals surface area contributed by atoms with Crippen molar-refractivity contribution in [1.29, 1.82) is 5.26 Å². The van der Waals surface area contributed by atoms with E-state index in [0.717, 1.165) is 142 Å². The Morgan fingerprint density at radius 3 is 1.08 bits per heavy atom. The number of carbonyl (C=O) groups is 3. The highest BCUT2D eigenvalue weighted by Gasteiger charge is 2.21. The molecule has 0 atom stereocenters. The molecule has 0 aliphatic rings. The van der Waals surface area contributed by atoms with E-state index in [0.29, 0.717) is 42.9 Å². The summed E-state index contributed by atoms with van der Waals surface area (Å²) < 4.78 is 34.9. The first kappa shape index (κ1) is 63.5. The zero-order valence-corrected chi connectivity index (χ0v) is 48.4. The van der Waals surface area contributed by atoms with Gasteiger partial charge in [0, 0.05) is 35.5 Å². The molecule has 0 unspecified atom stereocenters. The van der Waals surface area contributed by atoms with Crippen molar-refractivity contribution >= 4 is 17.9 Å². The number of aliphatic hydroxyl groups is 2. The molecule has 0 aromatic heterocycles. The average molecular weight is 1140 g/mol. The summed E-state index contributed by atoms with van der Waals surface area (Å²) in [5.74, 6) is 12.8. The van der Waals surface area contributed by atoms with E-state index in [1.165, 1.54) is 18.2 Å². The van der Waals surface area contributed by atoms with Crippen LogP contribution < -0.4 is 23.7 Å². The van der Waals surface area contributed by atoms with Gasteiger partial charge in [0.15, 0.2) is 0 Å². The largest absolute Gasteiger partial charge is 0.494 e. The van der Waals surface area contributed by atoms with Gasteiger partial charge >= 0.3 is 17.9 Å². The van der Waals surface area contributed by atoms with E-state index in [9.17, 15) is 14.4 Å². The smallest absolute Gasteiger partial charge is 0.343 e. The normalized spacial score (nSPS) is 10.6. The third kappa shape index (κ3) is 22.9. The van der Waals surface area contributed by atoms with Gasteiger partial charge in [-0.05, 0) is 202 Å². The van der Waals surface area contributed by atoms with Crippen molar-refractivity contribution in [2.24, 2.45) is 0 Å². The molecule has 7 aromatic rings. The molecular formula is C73H75NO11. The fourth-order valence-electron chi connectivity index (χ4n) is 8.95. The fourth-order valence-corrected chi connectivity index (χ4v) is 8.95. The van der Waals surface area contributed by atoms with E-state index in [1.807, 2.05) is 97.1 Å². The van der Waals surface area contributed by atoms with Crippen LogP contribution in [0.25, 0.3) is 11.1 Å². The lowest BCUT2D eigenvalue weighted by Gasteiger charge is -2.12. The molecule has 12 heteroatoms. The van der Waals surface area contributed by atoms with E-state index < -0.39 is 17.9 Å². The summed E-state index contributed by atoms with van der Waals surface area (Å²) in [6.07, 6.45) is 16.5. The van der Waals surface area contributed by atoms with Gasteiger partial charge in [0.2, 0.25) is 0 Å². The van der Waals surface area contributed by atoms with Gasteiger partial charge in [0.05, 0.1) is 49.2 Å². The first-order valence-corrected chi connectivity index (χ1v) is 29.7. The number of nitriles is 1. The van der Waals surface area contributed by atoms with Crippen LogP contribution in [0, 0.1) is 35.0 Å². The first-order valence-electron chi connectivity index (χ1n) is 29.7. The number of benzene rings is 7. The number of unbranched alkanes of at least 4 members (excludes halogenated alkanes) is 14. The average Bonchev–Trinajstić information content (AvgIpc) is 3.61. The number of hydrogen-bond acceptors (Lipinski definition) is 12. The van der Waals surface area contributed by atoms with Crippen molar-refractivity contribution in [2.45, 2.75) is 109 Å². The molecule has 0 aliphatic carbocycles. The lowest BCUT2D eigenvalue weighted by Crippen LogP contribution is -2.14. The number of rotatable bonds is 33. The zero-order valence-electron chi connectivity index (χ0n) is 48.4. The molecule has 0 saturated heterocycles. The van der Waals surface area contributed by atoms with Gasteiger partial charge in [-0.25, -0.2) is 14.4 Å². The summed E-state index contributed by atoms with van der Waals surface area (Å²) in [5, 5.41) is 27.0. The first-order chi connectivity index (χ1) is 41.8. The van der Waals surface area contributed by atoms with Crippen LogP contribution >= 0.6 is 0 Å². The Bertz CT molecular complexity index is 3330. The molecule has 0 heterocycles. The van der Waals surface area contributed by atoms with E-state index in [1.54, 1.807) is 48.5 Å². The Hall–Kier alpha value is -9.12. The van der Waals surface area contributed by atoms with Crippen molar-refractivity contribution in [3.63, 3.8) is 0 Å². The molecule has 0 saturated carbocycles. The molecule has 0 spiro atoms. The molecule has 2 N–H and O–H groups in total. The van der Waals surface area contributed by atoms with Crippen LogP contribution in [0.15, 0.2) is 164 Å². The van der Waals surface area contributed by atoms with Crippen LogP contribution in [0.2, 0.25) is 0 Å². The highest BCUT2D eigenvalue weighted by Crippen LogP contribution is 2.28. The molecule has 438 valence electrons. The van der Waals surface area contributed by atoms with Crippen LogP contribution in [0.5, 0.6) is 28.7 Å². The van der Waals surface area contributed by atoms with E-state index >= 15 is 0 Å². The highest BCUT2D eigenvalue weighted by molar-refractivity contribution is 5.97. The molecular weight excluding hydrogens is 1070 g/mol. The monoisotopic (exact) mass is 1140 g/mol. The third-order valence-electron chi connectivity index (χ3n) is 13.9. The molecule has 12 nitrogen and oxygen atoms in total. The molecule has 7 rings (SSSR count). The van der Waals surface area contributed by atoms with E-state index in [2.05, 4.69) is 29.8 Å². The minimum Gasteiger partial charge on any atom is -0.494 e. The van der Waals surface area contributed by atoms with E-state index in [-0.39, 0.29) is 48.0 Å². The Morgan fingerprint density at radius 1 is 0.341 bits per heavy atom. The fraction of sp³-hybridized carbons (Fsp3) is 0.315. The van der Waals surface area contributed by atoms with Gasteiger partial charge in [0.25, 0.3) is 0 Å². The second kappa shape index (κ2) is 36.5. The summed E-state index contributed by atoms with van der Waals surface area (Å²) in [7, 11) is 0. The van der Waals surface area contributed by atoms with Crippen LogP contribution in [-0.4, -0.2) is 67.8 Å². The SMILES string of the molecule is N#Cc1ccc(-c2ccc(OCCCCCCCCCCCOC(=O)c3cc(OC(=O)c4ccc(C#Cc5ccc(OCCCCCCO)cc5)cc4)ccc3OC(=O)c3ccc(C#Cc4ccc(OCCCCCCO)cc4)cc3)cc2)cc1. The number of ether oxygens (including phenoxy) is 6. The van der Waals surface area contributed by atoms with Gasteiger partial charge in [0.1, 0.15) is 34.3 Å². The van der Waals surface area contributed by atoms with Gasteiger partial charge in [-0.1, -0.05) is 106 Å². The molecule has 0 bridgehead atoms. The van der Waals surface area contributed by atoms with Gasteiger partial charge in [-0.3, -0.25) is 0 Å². The van der Waals surface area contributed by atoms with Crippen molar-refractivity contribution in [3.8, 4) is 69.6 Å². The maximum Gasteiger partial charge on any atom is 0.343 e. The minimum atomic E-state index is -0.723. The summed E-state index contributed by atoms with van der Waals surface area (Å²) in [6, 6.07) is 50.4. The Labute approximate surface area is 500 Å². The lowest BCUT2D eigenvalue weighted by molar-refractivity contribution is 0.0490. The number of esters is 3. The van der Waals surface area contributed by atoms with Crippen LogP contribution in [0.3, 0.4) is 0 Å². The predicted molar refractivity (Wildman–Crippen MR) is 330 cm³/mol. The molecule has 85 heavy (non-hydrogen) atoms. The van der Waals surface area contributed by atoms with Gasteiger partial charge < -0.3 is 38.6 Å². The Morgan fingerprint density at radius 2 is 0.671 bits per heavy atom. The maximum absolute atomic E-state index is 13.8. The maximum atomic E-state index is 13.8. The number of carbonyl (C=O) groups excluding carboxylic acids is 3. The minimum absolute atomic E-state index is 0.0514. The second-order valence-corrected chi connectivity index (χ2v) is 20.5. The molecule has 0 radical (unpaired) electrons. The van der Waals surface area contributed by atoms with Crippen molar-refractivity contribution in [2.75, 3.05) is 39.6 Å². The Balaban J connectivity index is 0.877. The van der Waals surface area contributed by atoms with Crippen molar-refractivity contribution in [1.82, 2.24) is 0 Å². The zero-order chi connectivity index (χ0) is 59.5. The van der Waals surface area contributed by atoms with Crippen LogP contribution in [0.4, 0.5) is 0 Å². The number of hydrogen-bond donors (Lipinski definition) is 2. The van der Waals surface area contributed by atoms with E-state index in [4.69, 9.17) is 43.9 Å². The number of aliphatic hydroxyl groups excluding tert-OH is 2. The Kier molecular flexibility index (Phi) is 27.2. The quantitative estimate of drug-likeness (QED) is 0.0173. The molecule has 0 fully saturated rings. The lowest BCUT2D eigenvalue weighted by atomic mass is 10.0. The summed E-state index contributed by atoms with van der Waals surface area (Å²) >= 11 is 0. The topological polar surface area (TPSA) is 171 Å². The van der Waals surface area contributed by atoms with Crippen LogP contribution in [0.1, 0.15) is 168 Å². The standard InChI is InChI=1S/C73H75NO11/c74-55-60-26-32-61(33-27-60)62-38-44-67(45-39-62)82-50-14-8-4-2-1-3-5-9-17-53-83-73(79)69-54-68(84-71(77)63-34-22-56(23-35-63)18-20-58-28-40-65(41-29-58)80-51-15-10-6-12-48-75)46-47-70(69)85-72(78)64-36-24-57(25-37-64)19-21-59-30-42-66(43-31-59)81-52-16-11-7-13-49-76/h22-47,54,75-76H,1-17,48-53H2. The summed E-state index contributed by atoms with van der Waals surface area (Å²) in [4.78, 5) is 40.8. The van der Waals surface area contributed by atoms with Crippen molar-refractivity contribution < 1.29 is 53.0 Å². The van der Waals surface area contributed by atoms with Gasteiger partial charge in [-0.15, -0.1) is 0 Å². The molecule has 0 amide bonds.